The minimum atomic E-state index is -0.701. The highest BCUT2D eigenvalue weighted by molar-refractivity contribution is 9.10. The number of carbonyl (C=O) groups is 2. The van der Waals surface area contributed by atoms with Gasteiger partial charge in [0.2, 0.25) is 5.91 Å². The van der Waals surface area contributed by atoms with Crippen LogP contribution in [0, 0.1) is 5.92 Å². The van der Waals surface area contributed by atoms with Gasteiger partial charge >= 0.3 is 0 Å². The first-order valence-corrected chi connectivity index (χ1v) is 12.7. The van der Waals surface area contributed by atoms with Crippen molar-refractivity contribution in [2.24, 2.45) is 5.92 Å². The number of amides is 2. The van der Waals surface area contributed by atoms with Gasteiger partial charge in [-0.1, -0.05) is 83.8 Å². The second-order valence-electron chi connectivity index (χ2n) is 8.74. The Morgan fingerprint density at radius 2 is 1.60 bits per heavy atom. The molecule has 0 unspecified atom stereocenters. The summed E-state index contributed by atoms with van der Waals surface area (Å²) in [6.07, 6.45) is 0.391. The zero-order chi connectivity index (χ0) is 25.2. The second kappa shape index (κ2) is 13.3. The molecular weight excluding hydrogens is 528 g/mol. The van der Waals surface area contributed by atoms with E-state index < -0.39 is 6.04 Å². The molecule has 0 spiro atoms. The van der Waals surface area contributed by atoms with E-state index in [9.17, 15) is 9.59 Å². The van der Waals surface area contributed by atoms with E-state index in [0.717, 1.165) is 15.6 Å². The average molecular weight is 558 g/mol. The minimum Gasteiger partial charge on any atom is -0.484 e. The van der Waals surface area contributed by atoms with E-state index in [4.69, 9.17) is 16.3 Å². The third-order valence-corrected chi connectivity index (χ3v) is 6.18. The zero-order valence-electron chi connectivity index (χ0n) is 19.9. The fourth-order valence-corrected chi connectivity index (χ4v) is 3.91. The third-order valence-electron chi connectivity index (χ3n) is 5.40. The molecule has 0 fully saturated rings. The van der Waals surface area contributed by atoms with E-state index in [2.05, 4.69) is 21.2 Å². The lowest BCUT2D eigenvalue weighted by molar-refractivity contribution is -0.142. The Balaban J connectivity index is 1.88. The van der Waals surface area contributed by atoms with Gasteiger partial charge in [0, 0.05) is 29.0 Å². The van der Waals surface area contributed by atoms with Crippen LogP contribution in [0.4, 0.5) is 0 Å². The van der Waals surface area contributed by atoms with Crippen LogP contribution >= 0.6 is 27.5 Å². The molecule has 1 atom stereocenters. The van der Waals surface area contributed by atoms with Crippen LogP contribution in [-0.4, -0.2) is 35.9 Å². The summed E-state index contributed by atoms with van der Waals surface area (Å²) in [5, 5.41) is 3.62. The maximum atomic E-state index is 13.5. The molecule has 0 aromatic heterocycles. The molecule has 0 heterocycles. The van der Waals surface area contributed by atoms with Gasteiger partial charge in [0.15, 0.2) is 6.61 Å². The van der Waals surface area contributed by atoms with Gasteiger partial charge in [-0.2, -0.15) is 0 Å². The molecule has 3 aromatic carbocycles. The number of rotatable bonds is 11. The number of halogens is 2. The van der Waals surface area contributed by atoms with Gasteiger partial charge in [0.1, 0.15) is 11.8 Å². The lowest BCUT2D eigenvalue weighted by atomic mass is 10.0. The molecule has 2 amide bonds. The Morgan fingerprint density at radius 1 is 0.943 bits per heavy atom. The van der Waals surface area contributed by atoms with Gasteiger partial charge in [0.05, 0.1) is 0 Å². The summed E-state index contributed by atoms with van der Waals surface area (Å²) in [5.41, 5.74) is 1.85. The van der Waals surface area contributed by atoms with Gasteiger partial charge in [-0.3, -0.25) is 9.59 Å². The van der Waals surface area contributed by atoms with Gasteiger partial charge < -0.3 is 15.0 Å². The van der Waals surface area contributed by atoms with Crippen LogP contribution in [0.15, 0.2) is 83.3 Å². The van der Waals surface area contributed by atoms with Gasteiger partial charge in [-0.25, -0.2) is 0 Å². The number of nitrogens with one attached hydrogen (secondary N) is 1. The molecule has 0 saturated heterocycles. The van der Waals surface area contributed by atoms with Crippen molar-refractivity contribution in [1.82, 2.24) is 10.2 Å². The van der Waals surface area contributed by atoms with Crippen LogP contribution in [0.25, 0.3) is 0 Å². The molecular formula is C28H30BrClN2O3. The summed E-state index contributed by atoms with van der Waals surface area (Å²) in [5.74, 6) is 0.409. The summed E-state index contributed by atoms with van der Waals surface area (Å²) in [6, 6.07) is 23.6. The van der Waals surface area contributed by atoms with Crippen molar-refractivity contribution in [1.29, 1.82) is 0 Å². The van der Waals surface area contributed by atoms with Crippen molar-refractivity contribution in [3.63, 3.8) is 0 Å². The van der Waals surface area contributed by atoms with Crippen molar-refractivity contribution < 1.29 is 14.3 Å². The molecule has 7 heteroatoms. The molecule has 0 bridgehead atoms. The Morgan fingerprint density at radius 3 is 2.23 bits per heavy atom. The van der Waals surface area contributed by atoms with E-state index in [-0.39, 0.29) is 30.9 Å². The van der Waals surface area contributed by atoms with Crippen LogP contribution in [0.1, 0.15) is 25.0 Å². The van der Waals surface area contributed by atoms with Crippen molar-refractivity contribution in [2.45, 2.75) is 32.9 Å². The number of hydrogen-bond acceptors (Lipinski definition) is 3. The first-order valence-electron chi connectivity index (χ1n) is 11.6. The lowest BCUT2D eigenvalue weighted by Gasteiger charge is -2.31. The number of hydrogen-bond donors (Lipinski definition) is 1. The summed E-state index contributed by atoms with van der Waals surface area (Å²) in [4.78, 5) is 28.5. The molecule has 1 N–H and O–H groups in total. The lowest BCUT2D eigenvalue weighted by Crippen LogP contribution is -2.52. The maximum Gasteiger partial charge on any atom is 0.261 e. The predicted molar refractivity (Wildman–Crippen MR) is 143 cm³/mol. The second-order valence-corrected chi connectivity index (χ2v) is 10.1. The molecule has 0 aliphatic rings. The van der Waals surface area contributed by atoms with Crippen LogP contribution in [0.3, 0.4) is 0 Å². The monoisotopic (exact) mass is 556 g/mol. The zero-order valence-corrected chi connectivity index (χ0v) is 22.3. The van der Waals surface area contributed by atoms with Crippen LogP contribution in [-0.2, 0) is 22.6 Å². The fraction of sp³-hybridized carbons (Fsp3) is 0.286. The number of carbonyl (C=O) groups excluding carboxylic acids is 2. The van der Waals surface area contributed by atoms with E-state index in [1.165, 1.54) is 0 Å². The van der Waals surface area contributed by atoms with E-state index in [0.29, 0.717) is 23.7 Å². The van der Waals surface area contributed by atoms with Gasteiger partial charge in [-0.05, 0) is 53.4 Å². The molecule has 5 nitrogen and oxygen atoms in total. The van der Waals surface area contributed by atoms with Gasteiger partial charge in [-0.15, -0.1) is 0 Å². The molecule has 0 radical (unpaired) electrons. The highest BCUT2D eigenvalue weighted by Gasteiger charge is 2.30. The highest BCUT2D eigenvalue weighted by atomic mass is 79.9. The summed E-state index contributed by atoms with van der Waals surface area (Å²) >= 11 is 9.46. The fourth-order valence-electron chi connectivity index (χ4n) is 3.52. The quantitative estimate of drug-likeness (QED) is 0.320. The maximum absolute atomic E-state index is 13.5. The smallest absolute Gasteiger partial charge is 0.261 e. The Labute approximate surface area is 220 Å². The van der Waals surface area contributed by atoms with Crippen LogP contribution < -0.4 is 10.1 Å². The van der Waals surface area contributed by atoms with Crippen LogP contribution in [0.2, 0.25) is 5.02 Å². The van der Waals surface area contributed by atoms with E-state index >= 15 is 0 Å². The van der Waals surface area contributed by atoms with Crippen molar-refractivity contribution in [3.8, 4) is 5.75 Å². The Kier molecular flexibility index (Phi) is 10.2. The summed E-state index contributed by atoms with van der Waals surface area (Å²) in [6.45, 7) is 4.68. The van der Waals surface area contributed by atoms with E-state index in [1.54, 1.807) is 29.2 Å². The minimum absolute atomic E-state index is 0.183. The first-order chi connectivity index (χ1) is 16.8. The van der Waals surface area contributed by atoms with Crippen molar-refractivity contribution >= 4 is 39.3 Å². The van der Waals surface area contributed by atoms with E-state index in [1.807, 2.05) is 68.4 Å². The topological polar surface area (TPSA) is 58.6 Å². The Hall–Kier alpha value is -2.83. The first kappa shape index (κ1) is 26.8. The molecule has 3 aromatic rings. The largest absolute Gasteiger partial charge is 0.484 e. The standard InChI is InChI=1S/C28H30BrClN2O3/c1-20(2)17-31-28(34)26(16-21-6-4-3-5-7-21)32(18-22-8-12-24(30)13-9-22)27(33)19-35-25-14-10-23(29)11-15-25/h3-15,20,26H,16-19H2,1-2H3,(H,31,34)/t26-/m0/s1. The van der Waals surface area contributed by atoms with Crippen molar-refractivity contribution in [2.75, 3.05) is 13.2 Å². The molecule has 184 valence electrons. The molecule has 0 saturated carbocycles. The van der Waals surface area contributed by atoms with Crippen molar-refractivity contribution in [3.05, 3.63) is 99.5 Å². The summed E-state index contributed by atoms with van der Waals surface area (Å²) < 4.78 is 6.70. The molecule has 0 aliphatic carbocycles. The third kappa shape index (κ3) is 8.71. The summed E-state index contributed by atoms with van der Waals surface area (Å²) in [7, 11) is 0. The number of nitrogens with zero attached hydrogens (tertiary/aromatic N) is 1. The van der Waals surface area contributed by atoms with Crippen LogP contribution in [0.5, 0.6) is 5.75 Å². The highest BCUT2D eigenvalue weighted by Crippen LogP contribution is 2.19. The average Bonchev–Trinajstić information content (AvgIpc) is 2.86. The Bertz CT molecular complexity index is 1090. The SMILES string of the molecule is CC(C)CNC(=O)[C@H](Cc1ccccc1)N(Cc1ccc(Cl)cc1)C(=O)COc1ccc(Br)cc1. The number of benzene rings is 3. The predicted octanol–water partition coefficient (Wildman–Crippen LogP) is 5.89. The normalized spacial score (nSPS) is 11.7. The number of ether oxygens (including phenoxy) is 1. The van der Waals surface area contributed by atoms with Gasteiger partial charge in [0.25, 0.3) is 5.91 Å². The molecule has 0 aliphatic heterocycles. The molecule has 3 rings (SSSR count). The molecule has 35 heavy (non-hydrogen) atoms.